The Morgan fingerprint density at radius 2 is 1.90 bits per heavy atom. The lowest BCUT2D eigenvalue weighted by Crippen LogP contribution is -2.27. The second-order valence-corrected chi connectivity index (χ2v) is 6.38. The number of ether oxygens (including phenoxy) is 1. The predicted octanol–water partition coefficient (Wildman–Crippen LogP) is 5.73. The molecule has 2 nitrogen and oxygen atoms in total. The van der Waals surface area contributed by atoms with Crippen LogP contribution < -0.4 is 10.1 Å². The smallest absolute Gasteiger partial charge is 0.405 e. The fraction of sp³-hybridized carbons (Fsp3) is 0.600. The van der Waals surface area contributed by atoms with Crippen molar-refractivity contribution in [2.75, 3.05) is 5.32 Å². The molecule has 1 aliphatic carbocycles. The van der Waals surface area contributed by atoms with Crippen molar-refractivity contribution in [3.05, 3.63) is 22.7 Å². The van der Waals surface area contributed by atoms with Crippen molar-refractivity contribution >= 4 is 21.6 Å². The summed E-state index contributed by atoms with van der Waals surface area (Å²) in [5, 5.41) is 3.38. The molecule has 118 valence electrons. The van der Waals surface area contributed by atoms with Gasteiger partial charge < -0.3 is 10.1 Å². The zero-order valence-electron chi connectivity index (χ0n) is 11.8. The van der Waals surface area contributed by atoms with Gasteiger partial charge in [0.2, 0.25) is 0 Å². The zero-order chi connectivity index (χ0) is 15.5. The minimum absolute atomic E-state index is 0.224. The number of hydrogen-bond donors (Lipinski definition) is 1. The normalized spacial score (nSPS) is 18.3. The standard InChI is InChI=1S/C15H19BrF3NO/c1-10(11-5-3-2-4-6-11)20-12-7-8-14(13(16)9-12)21-15(17,18)19/h7-11,20H,2-6H2,1H3. The van der Waals surface area contributed by atoms with Crippen LogP contribution in [-0.4, -0.2) is 12.4 Å². The number of benzene rings is 1. The molecule has 0 aromatic heterocycles. The van der Waals surface area contributed by atoms with E-state index in [0.717, 1.165) is 5.69 Å². The quantitative estimate of drug-likeness (QED) is 0.735. The highest BCUT2D eigenvalue weighted by Gasteiger charge is 2.32. The Bertz CT molecular complexity index is 472. The second kappa shape index (κ2) is 6.90. The number of alkyl halides is 3. The van der Waals surface area contributed by atoms with Gasteiger partial charge in [0, 0.05) is 11.7 Å². The fourth-order valence-corrected chi connectivity index (χ4v) is 3.27. The van der Waals surface area contributed by atoms with Crippen molar-refractivity contribution in [1.29, 1.82) is 0 Å². The Balaban J connectivity index is 1.99. The first-order valence-electron chi connectivity index (χ1n) is 7.17. The Morgan fingerprint density at radius 1 is 1.24 bits per heavy atom. The number of anilines is 1. The largest absolute Gasteiger partial charge is 0.573 e. The van der Waals surface area contributed by atoms with Gasteiger partial charge in [-0.2, -0.15) is 0 Å². The average Bonchev–Trinajstić information content (AvgIpc) is 2.41. The summed E-state index contributed by atoms with van der Waals surface area (Å²) in [6, 6.07) is 4.88. The predicted molar refractivity (Wildman–Crippen MR) is 80.5 cm³/mol. The lowest BCUT2D eigenvalue weighted by atomic mass is 9.84. The van der Waals surface area contributed by atoms with Gasteiger partial charge in [-0.05, 0) is 59.8 Å². The van der Waals surface area contributed by atoms with Crippen LogP contribution in [0.3, 0.4) is 0 Å². The summed E-state index contributed by atoms with van der Waals surface area (Å²) in [6.45, 7) is 2.13. The molecule has 1 N–H and O–H groups in total. The number of nitrogens with one attached hydrogen (secondary N) is 1. The van der Waals surface area contributed by atoms with Crippen molar-refractivity contribution < 1.29 is 17.9 Å². The summed E-state index contributed by atoms with van der Waals surface area (Å²) in [6.07, 6.45) is 1.58. The molecule has 0 heterocycles. The lowest BCUT2D eigenvalue weighted by molar-refractivity contribution is -0.274. The molecule has 0 saturated heterocycles. The summed E-state index contributed by atoms with van der Waals surface area (Å²) in [7, 11) is 0. The van der Waals surface area contributed by atoms with Crippen LogP contribution in [0.1, 0.15) is 39.0 Å². The van der Waals surface area contributed by atoms with Gasteiger partial charge in [-0.3, -0.25) is 0 Å². The summed E-state index contributed by atoms with van der Waals surface area (Å²) in [5.74, 6) is 0.405. The van der Waals surface area contributed by atoms with Crippen LogP contribution in [-0.2, 0) is 0 Å². The van der Waals surface area contributed by atoms with E-state index in [4.69, 9.17) is 0 Å². The topological polar surface area (TPSA) is 21.3 Å². The van der Waals surface area contributed by atoms with E-state index in [0.29, 0.717) is 16.4 Å². The van der Waals surface area contributed by atoms with E-state index in [-0.39, 0.29) is 5.75 Å². The molecule has 0 spiro atoms. The summed E-state index contributed by atoms with van der Waals surface area (Å²) in [4.78, 5) is 0. The van der Waals surface area contributed by atoms with Crippen molar-refractivity contribution in [2.45, 2.75) is 51.4 Å². The third-order valence-electron chi connectivity index (χ3n) is 3.91. The molecule has 2 rings (SSSR count). The van der Waals surface area contributed by atoms with E-state index >= 15 is 0 Å². The monoisotopic (exact) mass is 365 g/mol. The van der Waals surface area contributed by atoms with E-state index < -0.39 is 6.36 Å². The number of rotatable bonds is 4. The molecule has 0 aliphatic heterocycles. The molecule has 1 unspecified atom stereocenters. The van der Waals surface area contributed by atoms with Gasteiger partial charge in [0.25, 0.3) is 0 Å². The molecular weight excluding hydrogens is 347 g/mol. The van der Waals surface area contributed by atoms with Crippen LogP contribution in [0.4, 0.5) is 18.9 Å². The van der Waals surface area contributed by atoms with Crippen LogP contribution in [0.2, 0.25) is 0 Å². The highest BCUT2D eigenvalue weighted by molar-refractivity contribution is 9.10. The molecule has 1 aromatic carbocycles. The molecule has 0 amide bonds. The van der Waals surface area contributed by atoms with E-state index in [1.54, 1.807) is 12.1 Å². The van der Waals surface area contributed by atoms with E-state index in [2.05, 4.69) is 32.9 Å². The van der Waals surface area contributed by atoms with E-state index in [1.807, 2.05) is 0 Å². The van der Waals surface area contributed by atoms with E-state index in [1.165, 1.54) is 38.2 Å². The van der Waals surface area contributed by atoms with Crippen LogP contribution in [0, 0.1) is 5.92 Å². The Morgan fingerprint density at radius 3 is 2.48 bits per heavy atom. The first kappa shape index (κ1) is 16.5. The first-order chi connectivity index (χ1) is 9.85. The van der Waals surface area contributed by atoms with Crippen LogP contribution in [0.5, 0.6) is 5.75 Å². The van der Waals surface area contributed by atoms with Gasteiger partial charge in [0.1, 0.15) is 5.75 Å². The zero-order valence-corrected chi connectivity index (χ0v) is 13.4. The summed E-state index contributed by atoms with van der Waals surface area (Å²) >= 11 is 3.12. The highest BCUT2D eigenvalue weighted by Crippen LogP contribution is 2.34. The number of halogens is 4. The third kappa shape index (κ3) is 5.09. The van der Waals surface area contributed by atoms with Crippen molar-refractivity contribution in [2.24, 2.45) is 5.92 Å². The Hall–Kier alpha value is -0.910. The van der Waals surface area contributed by atoms with Gasteiger partial charge in [-0.1, -0.05) is 19.3 Å². The first-order valence-corrected chi connectivity index (χ1v) is 7.96. The van der Waals surface area contributed by atoms with Gasteiger partial charge in [0.15, 0.2) is 0 Å². The molecule has 1 aromatic rings. The molecule has 1 saturated carbocycles. The van der Waals surface area contributed by atoms with Crippen LogP contribution in [0.25, 0.3) is 0 Å². The van der Waals surface area contributed by atoms with Crippen molar-refractivity contribution in [1.82, 2.24) is 0 Å². The van der Waals surface area contributed by atoms with Gasteiger partial charge >= 0.3 is 6.36 Å². The SMILES string of the molecule is CC(Nc1ccc(OC(F)(F)F)c(Br)c1)C1CCCCC1. The molecule has 1 fully saturated rings. The van der Waals surface area contributed by atoms with Gasteiger partial charge in [-0.15, -0.1) is 13.2 Å². The molecule has 6 heteroatoms. The van der Waals surface area contributed by atoms with Crippen LogP contribution in [0.15, 0.2) is 22.7 Å². The minimum atomic E-state index is -4.67. The van der Waals surface area contributed by atoms with Gasteiger partial charge in [-0.25, -0.2) is 0 Å². The molecule has 1 atom stereocenters. The minimum Gasteiger partial charge on any atom is -0.405 e. The average molecular weight is 366 g/mol. The molecule has 0 bridgehead atoms. The van der Waals surface area contributed by atoms with Crippen LogP contribution >= 0.6 is 15.9 Å². The number of hydrogen-bond acceptors (Lipinski definition) is 2. The Kier molecular flexibility index (Phi) is 5.41. The maximum Gasteiger partial charge on any atom is 0.573 e. The molecule has 1 aliphatic rings. The third-order valence-corrected chi connectivity index (χ3v) is 4.53. The second-order valence-electron chi connectivity index (χ2n) is 5.52. The maximum absolute atomic E-state index is 12.2. The van der Waals surface area contributed by atoms with Gasteiger partial charge in [0.05, 0.1) is 4.47 Å². The van der Waals surface area contributed by atoms with Crippen molar-refractivity contribution in [3.8, 4) is 5.75 Å². The molecule has 21 heavy (non-hydrogen) atoms. The summed E-state index contributed by atoms with van der Waals surface area (Å²) in [5.41, 5.74) is 0.800. The van der Waals surface area contributed by atoms with E-state index in [9.17, 15) is 13.2 Å². The highest BCUT2D eigenvalue weighted by atomic mass is 79.9. The van der Waals surface area contributed by atoms with Crippen molar-refractivity contribution in [3.63, 3.8) is 0 Å². The lowest BCUT2D eigenvalue weighted by Gasteiger charge is -2.29. The maximum atomic E-state index is 12.2. The Labute approximate surface area is 131 Å². The fourth-order valence-electron chi connectivity index (χ4n) is 2.81. The molecule has 0 radical (unpaired) electrons. The molecular formula is C15H19BrF3NO. The summed E-state index contributed by atoms with van der Waals surface area (Å²) < 4.78 is 40.9.